The van der Waals surface area contributed by atoms with Gasteiger partial charge in [0.05, 0.1) is 5.02 Å². The second-order valence-corrected chi connectivity index (χ2v) is 7.00. The van der Waals surface area contributed by atoms with Gasteiger partial charge in [-0.25, -0.2) is 15.0 Å². The number of anilines is 1. The maximum atomic E-state index is 14.5. The molecule has 2 N–H and O–H groups in total. The molecule has 28 heavy (non-hydrogen) atoms. The van der Waals surface area contributed by atoms with Gasteiger partial charge in [0, 0.05) is 48.6 Å². The van der Waals surface area contributed by atoms with Crippen molar-refractivity contribution >= 4 is 51.5 Å². The first-order valence-corrected chi connectivity index (χ1v) is 9.62. The summed E-state index contributed by atoms with van der Waals surface area (Å²) in [5.41, 5.74) is 3.07. The van der Waals surface area contributed by atoms with E-state index in [-0.39, 0.29) is 0 Å². The number of hydrogen-bond donors (Lipinski definition) is 2. The number of hydrogen-bond acceptors (Lipinski definition) is 5. The third-order valence-electron chi connectivity index (χ3n) is 4.24. The molecular weight excluding hydrogens is 496 g/mol. The van der Waals surface area contributed by atoms with Crippen LogP contribution in [0.1, 0.15) is 16.7 Å². The Morgan fingerprint density at radius 2 is 2.04 bits per heavy atom. The van der Waals surface area contributed by atoms with E-state index in [1.807, 2.05) is 18.3 Å². The molecule has 0 bridgehead atoms. The molecule has 0 atom stereocenters. The first-order chi connectivity index (χ1) is 13.6. The third kappa shape index (κ3) is 4.17. The van der Waals surface area contributed by atoms with Gasteiger partial charge in [0.1, 0.15) is 11.5 Å². The third-order valence-corrected chi connectivity index (χ3v) is 4.90. The quantitative estimate of drug-likeness (QED) is 0.280. The lowest BCUT2D eigenvalue weighted by Gasteiger charge is -2.08. The number of nitrogens with one attached hydrogen (secondary N) is 2. The van der Waals surface area contributed by atoms with Crippen LogP contribution in [-0.2, 0) is 13.0 Å². The Morgan fingerprint density at radius 3 is 2.79 bits per heavy atom. The number of aromatic nitrogens is 4. The van der Waals surface area contributed by atoms with Crippen molar-refractivity contribution in [3.05, 3.63) is 76.6 Å². The van der Waals surface area contributed by atoms with Gasteiger partial charge >= 0.3 is 0 Å². The maximum absolute atomic E-state index is 14.5. The van der Waals surface area contributed by atoms with Gasteiger partial charge in [-0.2, -0.15) is 4.39 Å². The van der Waals surface area contributed by atoms with Crippen LogP contribution in [0.2, 0.25) is 5.02 Å². The fourth-order valence-corrected chi connectivity index (χ4v) is 3.25. The Kier molecular flexibility index (Phi) is 5.58. The van der Waals surface area contributed by atoms with Crippen LogP contribution >= 0.6 is 34.6 Å². The monoisotopic (exact) mass is 509 g/mol. The number of aromatic amines is 1. The molecule has 0 saturated heterocycles. The molecule has 0 amide bonds. The normalized spacial score (nSPS) is 11.0. The second kappa shape index (κ2) is 8.27. The molecule has 0 aromatic carbocycles. The van der Waals surface area contributed by atoms with Crippen molar-refractivity contribution in [3.63, 3.8) is 0 Å². The Hall–Kier alpha value is -2.46. The molecule has 0 unspecified atom stereocenters. The summed E-state index contributed by atoms with van der Waals surface area (Å²) in [6, 6.07) is 8.96. The van der Waals surface area contributed by atoms with Crippen LogP contribution in [-0.4, -0.2) is 19.9 Å². The number of rotatable bonds is 6. The lowest BCUT2D eigenvalue weighted by molar-refractivity contribution is 0.571. The van der Waals surface area contributed by atoms with Gasteiger partial charge in [-0.05, 0) is 23.3 Å². The largest absolute Gasteiger partial charge is 0.408 e. The van der Waals surface area contributed by atoms with Crippen LogP contribution in [0.3, 0.4) is 0 Å². The molecule has 0 aliphatic rings. The van der Waals surface area contributed by atoms with Gasteiger partial charge in [0.2, 0.25) is 11.8 Å². The highest BCUT2D eigenvalue weighted by molar-refractivity contribution is 14.1. The molecule has 4 heterocycles. The Morgan fingerprint density at radius 1 is 1.14 bits per heavy atom. The van der Waals surface area contributed by atoms with Crippen molar-refractivity contribution in [2.45, 2.75) is 13.0 Å². The standard InChI is InChI=1S/C19H14ClFIN5O/c20-14-6-15-13(9-25-19(15)26-10-14)5-12-2-3-16(27-18(12)21)23-7-11-1-4-17(28-22)24-8-11/h1-4,6,8-10H,5,7H2,(H,23,27)(H,25,26). The molecule has 0 saturated carbocycles. The van der Waals surface area contributed by atoms with Gasteiger partial charge in [-0.3, -0.25) is 0 Å². The van der Waals surface area contributed by atoms with E-state index in [1.54, 1.807) is 53.6 Å². The van der Waals surface area contributed by atoms with Gasteiger partial charge in [-0.15, -0.1) is 0 Å². The van der Waals surface area contributed by atoms with Crippen molar-refractivity contribution in [2.75, 3.05) is 5.32 Å². The van der Waals surface area contributed by atoms with Crippen LogP contribution < -0.4 is 8.38 Å². The van der Waals surface area contributed by atoms with Crippen molar-refractivity contribution in [2.24, 2.45) is 0 Å². The number of halogens is 3. The first kappa shape index (κ1) is 18.9. The van der Waals surface area contributed by atoms with E-state index in [1.165, 1.54) is 0 Å². The molecule has 0 aliphatic heterocycles. The molecule has 0 radical (unpaired) electrons. The second-order valence-electron chi connectivity index (χ2n) is 6.12. The Bertz CT molecular complexity index is 1120. The van der Waals surface area contributed by atoms with E-state index < -0.39 is 5.95 Å². The number of pyridine rings is 3. The van der Waals surface area contributed by atoms with Crippen LogP contribution in [0.5, 0.6) is 5.88 Å². The molecular formula is C19H14ClFIN5O. The van der Waals surface area contributed by atoms with E-state index in [0.29, 0.717) is 35.2 Å². The van der Waals surface area contributed by atoms with Crippen molar-refractivity contribution in [3.8, 4) is 5.88 Å². The minimum Gasteiger partial charge on any atom is -0.408 e. The molecule has 9 heteroatoms. The number of H-pyrrole nitrogens is 1. The SMILES string of the molecule is Fc1nc(NCc2ccc(OI)nc2)ccc1Cc1c[nH]c2ncc(Cl)cc12. The van der Waals surface area contributed by atoms with E-state index in [9.17, 15) is 4.39 Å². The van der Waals surface area contributed by atoms with Gasteiger partial charge in [0.15, 0.2) is 23.0 Å². The summed E-state index contributed by atoms with van der Waals surface area (Å²) >= 11 is 7.80. The number of nitrogens with zero attached hydrogens (tertiary/aromatic N) is 3. The lowest BCUT2D eigenvalue weighted by Crippen LogP contribution is -2.04. The summed E-state index contributed by atoms with van der Waals surface area (Å²) in [5.74, 6) is 0.479. The number of fused-ring (bicyclic) bond motifs is 1. The molecule has 6 nitrogen and oxygen atoms in total. The van der Waals surface area contributed by atoms with Crippen LogP contribution in [0.25, 0.3) is 11.0 Å². The van der Waals surface area contributed by atoms with Crippen molar-refractivity contribution in [1.82, 2.24) is 19.9 Å². The molecule has 142 valence electrons. The lowest BCUT2D eigenvalue weighted by atomic mass is 10.1. The molecule has 0 fully saturated rings. The zero-order valence-electron chi connectivity index (χ0n) is 14.4. The van der Waals surface area contributed by atoms with Gasteiger partial charge < -0.3 is 13.4 Å². The molecule has 4 aromatic heterocycles. The zero-order valence-corrected chi connectivity index (χ0v) is 17.3. The average Bonchev–Trinajstić information content (AvgIpc) is 3.10. The average molecular weight is 510 g/mol. The summed E-state index contributed by atoms with van der Waals surface area (Å²) < 4.78 is 19.5. The summed E-state index contributed by atoms with van der Waals surface area (Å²) in [6.07, 6.45) is 5.48. The maximum Gasteiger partial charge on any atom is 0.224 e. The topological polar surface area (TPSA) is 75.7 Å². The molecule has 0 spiro atoms. The fourth-order valence-electron chi connectivity index (χ4n) is 2.83. The van der Waals surface area contributed by atoms with Gasteiger partial charge in [0.25, 0.3) is 0 Å². The van der Waals surface area contributed by atoms with Crippen LogP contribution in [0, 0.1) is 5.95 Å². The highest BCUT2D eigenvalue weighted by Gasteiger charge is 2.11. The van der Waals surface area contributed by atoms with E-state index >= 15 is 0 Å². The van der Waals surface area contributed by atoms with E-state index in [2.05, 4.69) is 25.3 Å². The summed E-state index contributed by atoms with van der Waals surface area (Å²) in [5, 5.41) is 4.51. The van der Waals surface area contributed by atoms with Crippen LogP contribution in [0.15, 0.2) is 48.9 Å². The molecule has 4 rings (SSSR count). The summed E-state index contributed by atoms with van der Waals surface area (Å²) in [4.78, 5) is 15.5. The highest BCUT2D eigenvalue weighted by atomic mass is 127. The predicted octanol–water partition coefficient (Wildman–Crippen LogP) is 5.08. The van der Waals surface area contributed by atoms with Gasteiger partial charge in [-0.1, -0.05) is 23.7 Å². The van der Waals surface area contributed by atoms with Crippen LogP contribution in [0.4, 0.5) is 10.2 Å². The Balaban J connectivity index is 1.47. The minimum atomic E-state index is -0.513. The summed E-state index contributed by atoms with van der Waals surface area (Å²) in [6.45, 7) is 0.479. The molecule has 0 aliphatic carbocycles. The first-order valence-electron chi connectivity index (χ1n) is 8.36. The fraction of sp³-hybridized carbons (Fsp3) is 0.105. The Labute approximate surface area is 179 Å². The predicted molar refractivity (Wildman–Crippen MR) is 114 cm³/mol. The summed E-state index contributed by atoms with van der Waals surface area (Å²) in [7, 11) is 0. The minimum absolute atomic E-state index is 0.392. The smallest absolute Gasteiger partial charge is 0.224 e. The van der Waals surface area contributed by atoms with E-state index in [4.69, 9.17) is 14.7 Å². The van der Waals surface area contributed by atoms with Crippen molar-refractivity contribution in [1.29, 1.82) is 0 Å². The van der Waals surface area contributed by atoms with E-state index in [0.717, 1.165) is 22.2 Å². The molecule has 4 aromatic rings. The zero-order chi connectivity index (χ0) is 19.5. The van der Waals surface area contributed by atoms with Crippen molar-refractivity contribution < 1.29 is 7.46 Å². The highest BCUT2D eigenvalue weighted by Crippen LogP contribution is 2.24.